The summed E-state index contributed by atoms with van der Waals surface area (Å²) in [5.41, 5.74) is 2.18. The Labute approximate surface area is 157 Å². The number of para-hydroxylation sites is 1. The second kappa shape index (κ2) is 8.40. The van der Waals surface area contributed by atoms with Crippen LogP contribution in [0.3, 0.4) is 0 Å². The average Bonchev–Trinajstić information content (AvgIpc) is 3.01. The smallest absolute Gasteiger partial charge is 0.344 e. The van der Waals surface area contributed by atoms with Crippen LogP contribution in [0.25, 0.3) is 10.9 Å². The zero-order chi connectivity index (χ0) is 19.2. The van der Waals surface area contributed by atoms with Crippen molar-refractivity contribution in [3.05, 3.63) is 59.8 Å². The zero-order valence-electron chi connectivity index (χ0n) is 15.3. The summed E-state index contributed by atoms with van der Waals surface area (Å²) in [5.74, 6) is 0.399. The summed E-state index contributed by atoms with van der Waals surface area (Å²) < 4.78 is 15.8. The molecule has 3 rings (SSSR count). The Bertz CT molecular complexity index is 943. The maximum Gasteiger partial charge on any atom is 0.344 e. The van der Waals surface area contributed by atoms with Crippen molar-refractivity contribution in [1.29, 1.82) is 0 Å². The summed E-state index contributed by atoms with van der Waals surface area (Å²) in [5, 5.41) is 0.821. The van der Waals surface area contributed by atoms with Crippen LogP contribution in [0.1, 0.15) is 23.0 Å². The number of aromatic nitrogens is 1. The highest BCUT2D eigenvalue weighted by atomic mass is 16.6. The number of Topliss-reactive ketones (excluding diaryl/α,β-unsaturated/α-hetero) is 1. The highest BCUT2D eigenvalue weighted by Gasteiger charge is 2.17. The monoisotopic (exact) mass is 367 g/mol. The van der Waals surface area contributed by atoms with Crippen LogP contribution in [-0.2, 0) is 9.53 Å². The molecule has 0 aliphatic heterocycles. The first-order valence-electron chi connectivity index (χ1n) is 8.70. The molecule has 0 unspecified atom stereocenters. The minimum Gasteiger partial charge on any atom is -0.494 e. The molecule has 2 aromatic carbocycles. The molecule has 140 valence electrons. The van der Waals surface area contributed by atoms with Gasteiger partial charge in [-0.3, -0.25) is 4.79 Å². The third-order valence-electron chi connectivity index (χ3n) is 4.03. The number of aryl methyl sites for hydroxylation is 1. The van der Waals surface area contributed by atoms with E-state index in [-0.39, 0.29) is 19.0 Å². The molecule has 0 spiro atoms. The van der Waals surface area contributed by atoms with Crippen LogP contribution < -0.4 is 9.47 Å². The van der Waals surface area contributed by atoms with Crippen molar-refractivity contribution in [2.75, 3.05) is 19.8 Å². The van der Waals surface area contributed by atoms with E-state index in [0.29, 0.717) is 17.9 Å². The first-order valence-corrected chi connectivity index (χ1v) is 8.70. The number of rotatable bonds is 8. The van der Waals surface area contributed by atoms with E-state index in [1.807, 2.05) is 38.1 Å². The van der Waals surface area contributed by atoms with E-state index in [0.717, 1.165) is 22.3 Å². The molecule has 0 saturated heterocycles. The van der Waals surface area contributed by atoms with Gasteiger partial charge in [0.2, 0.25) is 5.78 Å². The van der Waals surface area contributed by atoms with Crippen LogP contribution in [0, 0.1) is 6.92 Å². The van der Waals surface area contributed by atoms with E-state index in [1.54, 1.807) is 24.3 Å². The number of carbonyl (C=O) groups is 2. The van der Waals surface area contributed by atoms with Gasteiger partial charge in [-0.15, -0.1) is 0 Å². The molecule has 0 aliphatic carbocycles. The van der Waals surface area contributed by atoms with Gasteiger partial charge in [0.15, 0.2) is 13.2 Å². The number of benzene rings is 2. The lowest BCUT2D eigenvalue weighted by Crippen LogP contribution is -2.19. The third kappa shape index (κ3) is 4.47. The molecule has 3 aromatic rings. The molecule has 1 aromatic heterocycles. The van der Waals surface area contributed by atoms with Gasteiger partial charge in [-0.25, -0.2) is 4.79 Å². The molecule has 27 heavy (non-hydrogen) atoms. The van der Waals surface area contributed by atoms with Crippen LogP contribution in [0.4, 0.5) is 0 Å². The summed E-state index contributed by atoms with van der Waals surface area (Å²) in [7, 11) is 0. The second-order valence-corrected chi connectivity index (χ2v) is 5.95. The molecule has 0 fully saturated rings. The summed E-state index contributed by atoms with van der Waals surface area (Å²) in [4.78, 5) is 27.5. The molecule has 0 atom stereocenters. The van der Waals surface area contributed by atoms with E-state index < -0.39 is 5.97 Å². The number of esters is 1. The maximum absolute atomic E-state index is 12.5. The van der Waals surface area contributed by atoms with Gasteiger partial charge in [-0.2, -0.15) is 0 Å². The van der Waals surface area contributed by atoms with Gasteiger partial charge in [0.25, 0.3) is 0 Å². The predicted octanol–water partition coefficient (Wildman–Crippen LogP) is 3.68. The zero-order valence-corrected chi connectivity index (χ0v) is 15.3. The number of nitrogens with one attached hydrogen (secondary N) is 1. The van der Waals surface area contributed by atoms with Gasteiger partial charge in [0.1, 0.15) is 11.5 Å². The highest BCUT2D eigenvalue weighted by molar-refractivity contribution is 6.10. The molecule has 0 amide bonds. The standard InChI is InChI=1S/C21H21NO5/c1-3-25-15-8-10-16(11-9-15)26-13-20(24)27-12-19(23)21-14(2)22-18-7-5-4-6-17(18)21/h4-11,22H,3,12-13H2,1-2H3. The SMILES string of the molecule is CCOc1ccc(OCC(=O)OCC(=O)c2c(C)[nH]c3ccccc23)cc1. The van der Waals surface area contributed by atoms with E-state index in [2.05, 4.69) is 4.98 Å². The molecular formula is C21H21NO5. The van der Waals surface area contributed by atoms with E-state index in [4.69, 9.17) is 14.2 Å². The fourth-order valence-electron chi connectivity index (χ4n) is 2.84. The number of fused-ring (bicyclic) bond motifs is 1. The van der Waals surface area contributed by atoms with Crippen molar-refractivity contribution in [2.45, 2.75) is 13.8 Å². The number of H-pyrrole nitrogens is 1. The van der Waals surface area contributed by atoms with Crippen LogP contribution in [-0.4, -0.2) is 36.6 Å². The van der Waals surface area contributed by atoms with Gasteiger partial charge in [-0.1, -0.05) is 18.2 Å². The molecule has 0 bridgehead atoms. The van der Waals surface area contributed by atoms with Gasteiger partial charge in [0.05, 0.1) is 6.61 Å². The lowest BCUT2D eigenvalue weighted by molar-refractivity contribution is -0.144. The Morgan fingerprint density at radius 2 is 1.59 bits per heavy atom. The lowest BCUT2D eigenvalue weighted by Gasteiger charge is -2.08. The Balaban J connectivity index is 1.52. The van der Waals surface area contributed by atoms with Gasteiger partial charge in [-0.05, 0) is 44.2 Å². The summed E-state index contributed by atoms with van der Waals surface area (Å²) in [6.07, 6.45) is 0. The summed E-state index contributed by atoms with van der Waals surface area (Å²) >= 11 is 0. The molecule has 6 nitrogen and oxygen atoms in total. The lowest BCUT2D eigenvalue weighted by atomic mass is 10.1. The van der Waals surface area contributed by atoms with Crippen molar-refractivity contribution in [1.82, 2.24) is 4.98 Å². The number of carbonyl (C=O) groups excluding carboxylic acids is 2. The number of aromatic amines is 1. The topological polar surface area (TPSA) is 77.6 Å². The van der Waals surface area contributed by atoms with E-state index in [9.17, 15) is 9.59 Å². The van der Waals surface area contributed by atoms with Crippen molar-refractivity contribution in [2.24, 2.45) is 0 Å². The number of ketones is 1. The highest BCUT2D eigenvalue weighted by Crippen LogP contribution is 2.22. The fourth-order valence-corrected chi connectivity index (χ4v) is 2.84. The molecule has 0 aliphatic rings. The minimum atomic E-state index is -0.602. The largest absolute Gasteiger partial charge is 0.494 e. The van der Waals surface area contributed by atoms with Crippen molar-refractivity contribution in [3.63, 3.8) is 0 Å². The molecular weight excluding hydrogens is 346 g/mol. The number of hydrogen-bond donors (Lipinski definition) is 1. The Kier molecular flexibility index (Phi) is 5.76. The molecule has 1 N–H and O–H groups in total. The van der Waals surface area contributed by atoms with Crippen molar-refractivity contribution < 1.29 is 23.8 Å². The van der Waals surface area contributed by atoms with Crippen molar-refractivity contribution >= 4 is 22.7 Å². The quantitative estimate of drug-likeness (QED) is 0.485. The van der Waals surface area contributed by atoms with Crippen LogP contribution in [0.15, 0.2) is 48.5 Å². The van der Waals surface area contributed by atoms with Crippen molar-refractivity contribution in [3.8, 4) is 11.5 Å². The van der Waals surface area contributed by atoms with Gasteiger partial charge in [0, 0.05) is 22.2 Å². The Hall–Kier alpha value is -3.28. The Morgan fingerprint density at radius 1 is 0.926 bits per heavy atom. The van der Waals surface area contributed by atoms with E-state index >= 15 is 0 Å². The minimum absolute atomic E-state index is 0.251. The van der Waals surface area contributed by atoms with Gasteiger partial charge < -0.3 is 19.2 Å². The third-order valence-corrected chi connectivity index (χ3v) is 4.03. The fraction of sp³-hybridized carbons (Fsp3) is 0.238. The van der Waals surface area contributed by atoms with Crippen LogP contribution >= 0.6 is 0 Å². The average molecular weight is 367 g/mol. The predicted molar refractivity (Wildman–Crippen MR) is 101 cm³/mol. The van der Waals surface area contributed by atoms with Gasteiger partial charge >= 0.3 is 5.97 Å². The van der Waals surface area contributed by atoms with Crippen LogP contribution in [0.2, 0.25) is 0 Å². The molecule has 6 heteroatoms. The molecule has 0 radical (unpaired) electrons. The summed E-state index contributed by atoms with van der Waals surface area (Å²) in [6, 6.07) is 14.4. The Morgan fingerprint density at radius 3 is 2.30 bits per heavy atom. The van der Waals surface area contributed by atoms with E-state index in [1.165, 1.54) is 0 Å². The maximum atomic E-state index is 12.5. The molecule has 1 heterocycles. The first-order chi connectivity index (χ1) is 13.1. The number of hydrogen-bond acceptors (Lipinski definition) is 5. The van der Waals surface area contributed by atoms with Crippen LogP contribution in [0.5, 0.6) is 11.5 Å². The second-order valence-electron chi connectivity index (χ2n) is 5.95. The molecule has 0 saturated carbocycles. The number of ether oxygens (including phenoxy) is 3. The normalized spacial score (nSPS) is 10.6. The first kappa shape index (κ1) is 18.5. The summed E-state index contributed by atoms with van der Waals surface area (Å²) in [6.45, 7) is 3.71.